The van der Waals surface area contributed by atoms with Gasteiger partial charge < -0.3 is 29.2 Å². The lowest BCUT2D eigenvalue weighted by Gasteiger charge is -2.38. The van der Waals surface area contributed by atoms with Gasteiger partial charge >= 0.3 is 18.3 Å². The van der Waals surface area contributed by atoms with Crippen molar-refractivity contribution in [1.29, 1.82) is 0 Å². The van der Waals surface area contributed by atoms with E-state index in [1.165, 1.54) is 24.5 Å². The standard InChI is InChI=1S/2C17H25FN2O3.C12H21NO3/c2*1-16(2,3)23-15(22)20-13(6-7-17(20,4)5)14(21)11-8-12(18)10-19-9-11;1-11(2,3)16-10(15)13-9(8-14)6-7-12(13,4)5/h2*8-10,13-14,21H,6-7H2,1-5H3;8-9H,6-7H2,1-5H3/t13-,14+;13-,14-;9-/m111/s1. The summed E-state index contributed by atoms with van der Waals surface area (Å²) < 4.78 is 43.0. The largest absolute Gasteiger partial charge is 0.444 e. The molecule has 3 saturated heterocycles. The predicted octanol–water partition coefficient (Wildman–Crippen LogP) is 9.23. The maximum atomic E-state index is 13.4. The van der Waals surface area contributed by atoms with E-state index >= 15 is 0 Å². The molecule has 14 nitrogen and oxygen atoms in total. The highest BCUT2D eigenvalue weighted by Crippen LogP contribution is 2.42. The zero-order valence-corrected chi connectivity index (χ0v) is 39.4. The SMILES string of the molecule is CC(C)(C)OC(=O)N1[C@@H](C=O)CCC1(C)C.CC(C)(C)OC(=O)N1[C@@H]([C@@H](O)c2cncc(F)c2)CCC1(C)C.CC(C)(C)OC(=O)N1[C@@H]([C@H](O)c2cncc(F)c2)CCC1(C)C. The number of halogens is 2. The lowest BCUT2D eigenvalue weighted by molar-refractivity contribution is -0.112. The van der Waals surface area contributed by atoms with Gasteiger partial charge in [-0.25, -0.2) is 23.2 Å². The van der Waals surface area contributed by atoms with E-state index in [4.69, 9.17) is 14.2 Å². The number of pyridine rings is 2. The molecule has 3 fully saturated rings. The number of amides is 3. The summed E-state index contributed by atoms with van der Waals surface area (Å²) in [4.78, 5) is 60.4. The molecule has 5 rings (SSSR count). The maximum Gasteiger partial charge on any atom is 0.411 e. The van der Waals surface area contributed by atoms with Gasteiger partial charge in [-0.15, -0.1) is 0 Å². The average molecular weight is 876 g/mol. The number of nitrogens with zero attached hydrogens (tertiary/aromatic N) is 5. The summed E-state index contributed by atoms with van der Waals surface area (Å²) in [5.74, 6) is -1.02. The van der Waals surface area contributed by atoms with Gasteiger partial charge in [0, 0.05) is 40.1 Å². The molecule has 3 aliphatic rings. The first-order chi connectivity index (χ1) is 28.2. The summed E-state index contributed by atoms with van der Waals surface area (Å²) in [7, 11) is 0. The molecule has 0 unspecified atom stereocenters. The molecule has 0 spiro atoms. The summed E-state index contributed by atoms with van der Waals surface area (Å²) in [6.07, 6.45) is 6.75. The van der Waals surface area contributed by atoms with Crippen LogP contribution in [0.15, 0.2) is 36.9 Å². The van der Waals surface area contributed by atoms with E-state index in [2.05, 4.69) is 9.97 Å². The van der Waals surface area contributed by atoms with Crippen molar-refractivity contribution in [3.63, 3.8) is 0 Å². The smallest absolute Gasteiger partial charge is 0.411 e. The third kappa shape index (κ3) is 14.0. The molecule has 5 atom stereocenters. The molecule has 348 valence electrons. The van der Waals surface area contributed by atoms with Crippen molar-refractivity contribution in [2.75, 3.05) is 0 Å². The van der Waals surface area contributed by atoms with Crippen LogP contribution >= 0.6 is 0 Å². The number of carbonyl (C=O) groups excluding carboxylic acids is 4. The number of carbonyl (C=O) groups is 4. The first-order valence-electron chi connectivity index (χ1n) is 21.3. The minimum Gasteiger partial charge on any atom is -0.444 e. The Kier molecular flexibility index (Phi) is 16.3. The van der Waals surface area contributed by atoms with E-state index < -0.39 is 82.1 Å². The molecule has 2 aromatic heterocycles. The molecule has 2 N–H and O–H groups in total. The van der Waals surface area contributed by atoms with Crippen molar-refractivity contribution >= 4 is 24.6 Å². The Morgan fingerprint density at radius 2 is 0.919 bits per heavy atom. The van der Waals surface area contributed by atoms with Crippen molar-refractivity contribution < 1.29 is 52.4 Å². The predicted molar refractivity (Wildman–Crippen MR) is 230 cm³/mol. The van der Waals surface area contributed by atoms with Crippen molar-refractivity contribution in [2.24, 2.45) is 0 Å². The van der Waals surface area contributed by atoms with E-state index in [-0.39, 0.29) is 11.6 Å². The maximum absolute atomic E-state index is 13.4. The van der Waals surface area contributed by atoms with Crippen molar-refractivity contribution in [2.45, 2.75) is 206 Å². The highest BCUT2D eigenvalue weighted by Gasteiger charge is 2.49. The molecule has 0 aromatic carbocycles. The van der Waals surface area contributed by atoms with Crippen LogP contribution in [0.25, 0.3) is 0 Å². The molecule has 0 radical (unpaired) electrons. The Balaban J connectivity index is 0.000000253. The summed E-state index contributed by atoms with van der Waals surface area (Å²) in [6, 6.07) is 1.21. The quantitative estimate of drug-likeness (QED) is 0.217. The minimum atomic E-state index is -1.01. The normalized spacial score (nSPS) is 22.6. The Labute approximate surface area is 366 Å². The number of aldehydes is 1. The number of aromatic nitrogens is 2. The Bertz CT molecular complexity index is 1770. The van der Waals surface area contributed by atoms with E-state index in [0.717, 1.165) is 44.4 Å². The lowest BCUT2D eigenvalue weighted by Crippen LogP contribution is -2.50. The molecular formula is C46H71F2N5O9. The van der Waals surface area contributed by atoms with Crippen molar-refractivity contribution in [1.82, 2.24) is 24.7 Å². The van der Waals surface area contributed by atoms with E-state index in [9.17, 15) is 38.2 Å². The molecule has 0 saturated carbocycles. The monoisotopic (exact) mass is 876 g/mol. The zero-order valence-electron chi connectivity index (χ0n) is 39.4. The number of likely N-dealkylation sites (tertiary alicyclic amines) is 3. The Morgan fingerprint density at radius 1 is 0.613 bits per heavy atom. The summed E-state index contributed by atoms with van der Waals surface area (Å²) in [5.41, 5.74) is -2.21. The summed E-state index contributed by atoms with van der Waals surface area (Å²) >= 11 is 0. The van der Waals surface area contributed by atoms with Gasteiger partial charge in [0.2, 0.25) is 0 Å². The molecule has 3 amide bonds. The van der Waals surface area contributed by atoms with Gasteiger partial charge in [-0.1, -0.05) is 0 Å². The Morgan fingerprint density at radius 3 is 1.23 bits per heavy atom. The van der Waals surface area contributed by atoms with Crippen LogP contribution in [0.1, 0.15) is 166 Å². The molecule has 3 aliphatic heterocycles. The zero-order chi connectivity index (χ0) is 47.4. The van der Waals surface area contributed by atoms with Crippen LogP contribution in [0.5, 0.6) is 0 Å². The van der Waals surface area contributed by atoms with Crippen LogP contribution in [-0.4, -0.2) is 111 Å². The number of ether oxygens (including phenoxy) is 3. The summed E-state index contributed by atoms with van der Waals surface area (Å²) in [5, 5.41) is 21.3. The van der Waals surface area contributed by atoms with Crippen LogP contribution in [0.2, 0.25) is 0 Å². The van der Waals surface area contributed by atoms with Crippen molar-refractivity contribution in [3.05, 3.63) is 59.7 Å². The highest BCUT2D eigenvalue weighted by atomic mass is 19.1. The molecule has 0 bridgehead atoms. The van der Waals surface area contributed by atoms with Gasteiger partial charge in [-0.3, -0.25) is 24.7 Å². The van der Waals surface area contributed by atoms with Crippen LogP contribution in [0.4, 0.5) is 23.2 Å². The second-order valence-electron chi connectivity index (χ2n) is 21.2. The van der Waals surface area contributed by atoms with Gasteiger partial charge in [0.25, 0.3) is 0 Å². The average Bonchev–Trinajstić information content (AvgIpc) is 3.73. The third-order valence-electron chi connectivity index (χ3n) is 10.9. The fourth-order valence-electron chi connectivity index (χ4n) is 8.03. The molecule has 5 heterocycles. The van der Waals surface area contributed by atoms with Gasteiger partial charge in [0.15, 0.2) is 0 Å². The van der Waals surface area contributed by atoms with Crippen LogP contribution < -0.4 is 0 Å². The number of aliphatic hydroxyl groups excluding tert-OH is 2. The second kappa shape index (κ2) is 19.5. The first-order valence-corrected chi connectivity index (χ1v) is 21.3. The van der Waals surface area contributed by atoms with Crippen LogP contribution in [0, 0.1) is 11.6 Å². The van der Waals surface area contributed by atoms with Gasteiger partial charge in [-0.2, -0.15) is 0 Å². The molecule has 0 aliphatic carbocycles. The Hall–Kier alpha value is -4.44. The fourth-order valence-corrected chi connectivity index (χ4v) is 8.03. The van der Waals surface area contributed by atoms with Crippen LogP contribution in [0.3, 0.4) is 0 Å². The summed E-state index contributed by atoms with van der Waals surface area (Å²) in [6.45, 7) is 27.9. The third-order valence-corrected chi connectivity index (χ3v) is 10.9. The first kappa shape index (κ1) is 51.9. The van der Waals surface area contributed by atoms with Gasteiger partial charge in [-0.05, 0) is 155 Å². The minimum absolute atomic E-state index is 0.298. The number of rotatable bonds is 5. The number of hydrogen-bond donors (Lipinski definition) is 2. The topological polar surface area (TPSA) is 172 Å². The lowest BCUT2D eigenvalue weighted by atomic mass is 10.0. The fraction of sp³-hybridized carbons (Fsp3) is 0.696. The van der Waals surface area contributed by atoms with E-state index in [0.29, 0.717) is 24.0 Å². The molecule has 62 heavy (non-hydrogen) atoms. The van der Waals surface area contributed by atoms with Gasteiger partial charge in [0.05, 0.1) is 30.5 Å². The highest BCUT2D eigenvalue weighted by molar-refractivity contribution is 5.75. The van der Waals surface area contributed by atoms with Gasteiger partial charge in [0.1, 0.15) is 46.9 Å². The molecule has 16 heteroatoms. The number of hydrogen-bond acceptors (Lipinski definition) is 11. The molecule has 2 aromatic rings. The van der Waals surface area contributed by atoms with Crippen molar-refractivity contribution in [3.8, 4) is 0 Å². The number of aliphatic hydroxyl groups is 2. The van der Waals surface area contributed by atoms with E-state index in [1.54, 1.807) is 56.2 Å². The molecular weight excluding hydrogens is 805 g/mol. The van der Waals surface area contributed by atoms with Crippen LogP contribution in [-0.2, 0) is 19.0 Å². The second-order valence-corrected chi connectivity index (χ2v) is 21.2. The van der Waals surface area contributed by atoms with E-state index in [1.807, 2.05) is 62.3 Å².